The second-order valence-electron chi connectivity index (χ2n) is 3.74. The molecule has 0 fully saturated rings. The lowest BCUT2D eigenvalue weighted by molar-refractivity contribution is -0.138. The Balaban J connectivity index is 2.25. The summed E-state index contributed by atoms with van der Waals surface area (Å²) in [5.41, 5.74) is -0.824. The van der Waals surface area contributed by atoms with Crippen LogP contribution in [0.5, 0.6) is 0 Å². The zero-order chi connectivity index (χ0) is 14.8. The number of benzene rings is 1. The van der Waals surface area contributed by atoms with Crippen molar-refractivity contribution in [2.45, 2.75) is 6.18 Å². The highest BCUT2D eigenvalue weighted by atomic mass is 79.9. The summed E-state index contributed by atoms with van der Waals surface area (Å²) in [7, 11) is 0. The molecule has 0 aliphatic carbocycles. The summed E-state index contributed by atoms with van der Waals surface area (Å²) >= 11 is 2.82. The van der Waals surface area contributed by atoms with Gasteiger partial charge in [0.05, 0.1) is 11.8 Å². The summed E-state index contributed by atoms with van der Waals surface area (Å²) in [5, 5.41) is 2.34. The first kappa shape index (κ1) is 14.4. The second kappa shape index (κ2) is 5.58. The molecule has 0 aliphatic rings. The number of nitrogens with zero attached hydrogens (tertiary/aromatic N) is 2. The smallest absolute Gasteiger partial charge is 0.321 e. The lowest BCUT2D eigenvalue weighted by Gasteiger charge is -2.11. The molecule has 0 saturated heterocycles. The fraction of sp³-hybridized carbons (Fsp3) is 0.0833. The molecule has 20 heavy (non-hydrogen) atoms. The van der Waals surface area contributed by atoms with E-state index in [9.17, 15) is 18.0 Å². The van der Waals surface area contributed by atoms with Crippen LogP contribution in [0.1, 0.15) is 16.1 Å². The number of hydrogen-bond acceptors (Lipinski definition) is 3. The second-order valence-corrected chi connectivity index (χ2v) is 4.59. The molecular formula is C12H7BrF3N3O. The molecular weight excluding hydrogens is 339 g/mol. The summed E-state index contributed by atoms with van der Waals surface area (Å²) in [6.45, 7) is 0. The Labute approximate surface area is 120 Å². The fourth-order valence-corrected chi connectivity index (χ4v) is 1.90. The van der Waals surface area contributed by atoms with E-state index in [-0.39, 0.29) is 15.9 Å². The number of carbonyl (C=O) groups excluding carboxylic acids is 1. The van der Waals surface area contributed by atoms with Gasteiger partial charge in [0.15, 0.2) is 0 Å². The van der Waals surface area contributed by atoms with Gasteiger partial charge in [-0.2, -0.15) is 13.2 Å². The molecule has 2 rings (SSSR count). The van der Waals surface area contributed by atoms with Crippen molar-refractivity contribution in [2.24, 2.45) is 0 Å². The van der Waals surface area contributed by atoms with Gasteiger partial charge in [0, 0.05) is 22.6 Å². The first-order valence-electron chi connectivity index (χ1n) is 5.32. The van der Waals surface area contributed by atoms with Gasteiger partial charge >= 0.3 is 6.18 Å². The average Bonchev–Trinajstić information content (AvgIpc) is 2.40. The number of rotatable bonds is 2. The van der Waals surface area contributed by atoms with E-state index in [1.54, 1.807) is 0 Å². The normalized spacial score (nSPS) is 11.2. The van der Waals surface area contributed by atoms with Crippen LogP contribution in [-0.4, -0.2) is 15.9 Å². The molecule has 0 radical (unpaired) electrons. The zero-order valence-electron chi connectivity index (χ0n) is 9.78. The first-order chi connectivity index (χ1) is 9.38. The van der Waals surface area contributed by atoms with Crippen molar-refractivity contribution in [3.8, 4) is 0 Å². The Hall–Kier alpha value is -1.96. The monoisotopic (exact) mass is 345 g/mol. The Bertz CT molecular complexity index is 632. The minimum atomic E-state index is -4.51. The van der Waals surface area contributed by atoms with Crippen molar-refractivity contribution in [1.82, 2.24) is 9.97 Å². The molecule has 1 aromatic heterocycles. The first-order valence-corrected chi connectivity index (χ1v) is 6.11. The molecule has 2 aromatic rings. The van der Waals surface area contributed by atoms with Gasteiger partial charge in [-0.05, 0) is 18.2 Å². The maximum Gasteiger partial charge on any atom is 0.417 e. The number of hydrogen-bond donors (Lipinski definition) is 1. The predicted molar refractivity (Wildman–Crippen MR) is 69.1 cm³/mol. The van der Waals surface area contributed by atoms with Gasteiger partial charge in [-0.3, -0.25) is 9.78 Å². The highest BCUT2D eigenvalue weighted by Gasteiger charge is 2.33. The quantitative estimate of drug-likeness (QED) is 0.906. The molecule has 0 bridgehead atoms. The van der Waals surface area contributed by atoms with E-state index >= 15 is 0 Å². The molecule has 4 nitrogen and oxygen atoms in total. The van der Waals surface area contributed by atoms with Gasteiger partial charge in [-0.1, -0.05) is 15.9 Å². The van der Waals surface area contributed by atoms with Crippen LogP contribution in [0.3, 0.4) is 0 Å². The summed E-state index contributed by atoms with van der Waals surface area (Å²) in [6.07, 6.45) is -0.583. The van der Waals surface area contributed by atoms with E-state index in [1.807, 2.05) is 0 Å². The Morgan fingerprint density at radius 1 is 1.25 bits per heavy atom. The number of alkyl halides is 3. The molecule has 0 aliphatic heterocycles. The molecule has 0 unspecified atom stereocenters. The topological polar surface area (TPSA) is 54.9 Å². The Kier molecular flexibility index (Phi) is 4.03. The minimum absolute atomic E-state index is 0.0176. The molecule has 104 valence electrons. The summed E-state index contributed by atoms with van der Waals surface area (Å²) in [4.78, 5) is 19.2. The molecule has 1 amide bonds. The van der Waals surface area contributed by atoms with Crippen LogP contribution in [0.25, 0.3) is 0 Å². The summed E-state index contributed by atoms with van der Waals surface area (Å²) in [5.74, 6) is -0.631. The van der Waals surface area contributed by atoms with Crippen LogP contribution in [-0.2, 0) is 6.18 Å². The summed E-state index contributed by atoms with van der Waals surface area (Å²) in [6, 6.07) is 3.42. The molecule has 1 heterocycles. The van der Waals surface area contributed by atoms with Crippen LogP contribution >= 0.6 is 15.9 Å². The molecule has 8 heteroatoms. The van der Waals surface area contributed by atoms with E-state index in [0.29, 0.717) is 0 Å². The number of nitrogens with one attached hydrogen (secondary N) is 1. The molecule has 0 spiro atoms. The molecule has 0 atom stereocenters. The third kappa shape index (κ3) is 3.32. The standard InChI is InChI=1S/C12H7BrF3N3O/c13-9-2-1-7(5-8(9)12(14,15)16)19-11(20)10-6-17-3-4-18-10/h1-6H,(H,19,20). The highest BCUT2D eigenvalue weighted by Crippen LogP contribution is 2.36. The number of halogens is 4. The van der Waals surface area contributed by atoms with Gasteiger partial charge in [0.25, 0.3) is 5.91 Å². The Morgan fingerprint density at radius 2 is 2.00 bits per heavy atom. The van der Waals surface area contributed by atoms with Gasteiger partial charge in [-0.25, -0.2) is 4.98 Å². The Morgan fingerprint density at radius 3 is 2.60 bits per heavy atom. The van der Waals surface area contributed by atoms with Crippen LogP contribution in [0.4, 0.5) is 18.9 Å². The van der Waals surface area contributed by atoms with E-state index in [0.717, 1.165) is 6.07 Å². The average molecular weight is 346 g/mol. The van der Waals surface area contributed by atoms with Gasteiger partial charge < -0.3 is 5.32 Å². The van der Waals surface area contributed by atoms with E-state index in [4.69, 9.17) is 0 Å². The van der Waals surface area contributed by atoms with Crippen LogP contribution in [0.15, 0.2) is 41.3 Å². The minimum Gasteiger partial charge on any atom is -0.321 e. The van der Waals surface area contributed by atoms with Crippen LogP contribution in [0, 0.1) is 0 Å². The predicted octanol–water partition coefficient (Wildman–Crippen LogP) is 3.51. The number of anilines is 1. The molecule has 1 aromatic carbocycles. The number of carbonyl (C=O) groups is 1. The maximum atomic E-state index is 12.7. The maximum absolute atomic E-state index is 12.7. The molecule has 0 saturated carbocycles. The van der Waals surface area contributed by atoms with E-state index in [2.05, 4.69) is 31.2 Å². The van der Waals surface area contributed by atoms with Crippen molar-refractivity contribution >= 4 is 27.5 Å². The SMILES string of the molecule is O=C(Nc1ccc(Br)c(C(F)(F)F)c1)c1cnccn1. The largest absolute Gasteiger partial charge is 0.417 e. The summed E-state index contributed by atoms with van der Waals surface area (Å²) < 4.78 is 38.1. The third-order valence-corrected chi connectivity index (χ3v) is 3.02. The number of amides is 1. The molecule has 1 N–H and O–H groups in total. The highest BCUT2D eigenvalue weighted by molar-refractivity contribution is 9.10. The lowest BCUT2D eigenvalue weighted by atomic mass is 10.2. The lowest BCUT2D eigenvalue weighted by Crippen LogP contribution is -2.15. The third-order valence-electron chi connectivity index (χ3n) is 2.33. The van der Waals surface area contributed by atoms with Crippen molar-refractivity contribution in [3.63, 3.8) is 0 Å². The van der Waals surface area contributed by atoms with E-state index < -0.39 is 17.6 Å². The van der Waals surface area contributed by atoms with Gasteiger partial charge in [-0.15, -0.1) is 0 Å². The number of aromatic nitrogens is 2. The van der Waals surface area contributed by atoms with Crippen LogP contribution < -0.4 is 5.32 Å². The fourth-order valence-electron chi connectivity index (χ4n) is 1.43. The van der Waals surface area contributed by atoms with Gasteiger partial charge in [0.1, 0.15) is 5.69 Å². The van der Waals surface area contributed by atoms with Crippen molar-refractivity contribution in [1.29, 1.82) is 0 Å². The van der Waals surface area contributed by atoms with Crippen LogP contribution in [0.2, 0.25) is 0 Å². The zero-order valence-corrected chi connectivity index (χ0v) is 11.4. The van der Waals surface area contributed by atoms with Crippen molar-refractivity contribution in [2.75, 3.05) is 5.32 Å². The van der Waals surface area contributed by atoms with E-state index in [1.165, 1.54) is 30.7 Å². The van der Waals surface area contributed by atoms with Crippen molar-refractivity contribution < 1.29 is 18.0 Å². The van der Waals surface area contributed by atoms with Crippen molar-refractivity contribution in [3.05, 3.63) is 52.5 Å². The van der Waals surface area contributed by atoms with Gasteiger partial charge in [0.2, 0.25) is 0 Å².